The van der Waals surface area contributed by atoms with Crippen molar-refractivity contribution in [3.8, 4) is 0 Å². The van der Waals surface area contributed by atoms with Gasteiger partial charge in [-0.15, -0.1) is 5.10 Å². The summed E-state index contributed by atoms with van der Waals surface area (Å²) in [6.45, 7) is 3.70. The molecule has 1 amide bonds. The fraction of sp³-hybridized carbons (Fsp3) is 0.667. The van der Waals surface area contributed by atoms with E-state index in [-0.39, 0.29) is 18.0 Å². The first-order valence-electron chi connectivity index (χ1n) is 5.01. The normalized spacial score (nSPS) is 26.1. The number of hydrogen-bond donors (Lipinski definition) is 2. The molecule has 82 valence electrons. The number of anilines is 1. The topological polar surface area (TPSA) is 80.0 Å². The molecule has 1 saturated heterocycles. The van der Waals surface area contributed by atoms with Crippen LogP contribution in [0.15, 0.2) is 4.42 Å². The average molecular weight is 210 g/mol. The summed E-state index contributed by atoms with van der Waals surface area (Å²) in [6.07, 6.45) is 1.32. The zero-order chi connectivity index (χ0) is 10.8. The molecule has 2 N–H and O–H groups in total. The Bertz CT molecular complexity index is 363. The second-order valence-corrected chi connectivity index (χ2v) is 3.77. The molecular formula is C9H14N4O2. The molecule has 1 aliphatic rings. The molecule has 2 rings (SSSR count). The number of carbonyl (C=O) groups is 1. The average Bonchev–Trinajstić information content (AvgIpc) is 2.56. The predicted octanol–water partition coefficient (Wildman–Crippen LogP) is 0.457. The highest BCUT2D eigenvalue weighted by molar-refractivity contribution is 5.77. The summed E-state index contributed by atoms with van der Waals surface area (Å²) in [6, 6.07) is 0.654. The Morgan fingerprint density at radius 3 is 2.93 bits per heavy atom. The summed E-state index contributed by atoms with van der Waals surface area (Å²) >= 11 is 0. The van der Waals surface area contributed by atoms with Crippen molar-refractivity contribution in [1.29, 1.82) is 0 Å². The summed E-state index contributed by atoms with van der Waals surface area (Å²) in [7, 11) is 0. The van der Waals surface area contributed by atoms with Gasteiger partial charge in [0, 0.05) is 19.4 Å². The number of aryl methyl sites for hydroxylation is 1. The van der Waals surface area contributed by atoms with Gasteiger partial charge in [0.25, 0.3) is 0 Å². The van der Waals surface area contributed by atoms with Crippen LogP contribution in [0, 0.1) is 6.92 Å². The maximum absolute atomic E-state index is 11.1. The lowest BCUT2D eigenvalue weighted by atomic mass is 10.00. The minimum Gasteiger partial charge on any atom is -0.408 e. The number of nitrogens with zero attached hydrogens (tertiary/aromatic N) is 2. The molecule has 0 aliphatic carbocycles. The summed E-state index contributed by atoms with van der Waals surface area (Å²) in [4.78, 5) is 11.1. The molecule has 6 nitrogen and oxygen atoms in total. The molecule has 1 aromatic rings. The second kappa shape index (κ2) is 3.88. The molecule has 2 heterocycles. The zero-order valence-electron chi connectivity index (χ0n) is 8.78. The first-order valence-corrected chi connectivity index (χ1v) is 5.01. The van der Waals surface area contributed by atoms with Gasteiger partial charge in [-0.2, -0.15) is 0 Å². The van der Waals surface area contributed by atoms with Gasteiger partial charge in [0.2, 0.25) is 11.8 Å². The van der Waals surface area contributed by atoms with E-state index >= 15 is 0 Å². The number of aromatic nitrogens is 2. The van der Waals surface area contributed by atoms with Crippen molar-refractivity contribution in [2.24, 2.45) is 0 Å². The molecule has 0 radical (unpaired) electrons. The smallest absolute Gasteiger partial charge is 0.315 e. The van der Waals surface area contributed by atoms with Crippen LogP contribution < -0.4 is 10.6 Å². The van der Waals surface area contributed by atoms with E-state index in [0.717, 1.165) is 6.42 Å². The third-order valence-corrected chi connectivity index (χ3v) is 2.51. The first-order chi connectivity index (χ1) is 7.15. The first kappa shape index (κ1) is 9.95. The highest BCUT2D eigenvalue weighted by Crippen LogP contribution is 2.15. The van der Waals surface area contributed by atoms with Crippen molar-refractivity contribution in [2.75, 3.05) is 5.32 Å². The summed E-state index contributed by atoms with van der Waals surface area (Å²) in [5.41, 5.74) is 0. The van der Waals surface area contributed by atoms with Gasteiger partial charge in [0.1, 0.15) is 0 Å². The molecule has 0 spiro atoms. The van der Waals surface area contributed by atoms with E-state index in [4.69, 9.17) is 4.42 Å². The number of piperidine rings is 1. The van der Waals surface area contributed by atoms with Gasteiger partial charge in [-0.05, 0) is 13.3 Å². The van der Waals surface area contributed by atoms with Crippen LogP contribution in [-0.4, -0.2) is 28.2 Å². The predicted molar refractivity (Wildman–Crippen MR) is 53.3 cm³/mol. The number of carbonyl (C=O) groups excluding carboxylic acids is 1. The monoisotopic (exact) mass is 210 g/mol. The van der Waals surface area contributed by atoms with Gasteiger partial charge in [-0.25, -0.2) is 0 Å². The molecule has 0 aromatic carbocycles. The van der Waals surface area contributed by atoms with Crippen molar-refractivity contribution >= 4 is 11.9 Å². The van der Waals surface area contributed by atoms with Gasteiger partial charge in [0.05, 0.1) is 6.04 Å². The van der Waals surface area contributed by atoms with Crippen LogP contribution in [0.5, 0.6) is 0 Å². The number of hydrogen-bond acceptors (Lipinski definition) is 5. The van der Waals surface area contributed by atoms with E-state index in [0.29, 0.717) is 18.3 Å². The Hall–Kier alpha value is -1.59. The van der Waals surface area contributed by atoms with Gasteiger partial charge >= 0.3 is 6.01 Å². The minimum absolute atomic E-state index is 0.0819. The van der Waals surface area contributed by atoms with Gasteiger partial charge < -0.3 is 15.1 Å². The lowest BCUT2D eigenvalue weighted by Crippen LogP contribution is -2.49. The third kappa shape index (κ3) is 2.26. The van der Waals surface area contributed by atoms with Crippen molar-refractivity contribution < 1.29 is 9.21 Å². The summed E-state index contributed by atoms with van der Waals surface area (Å²) in [5.74, 6) is 0.632. The lowest BCUT2D eigenvalue weighted by molar-refractivity contribution is -0.123. The van der Waals surface area contributed by atoms with Crippen molar-refractivity contribution in [3.63, 3.8) is 0 Å². The molecule has 2 atom stereocenters. The number of amides is 1. The fourth-order valence-corrected chi connectivity index (χ4v) is 1.67. The third-order valence-electron chi connectivity index (χ3n) is 2.51. The maximum atomic E-state index is 11.1. The molecule has 15 heavy (non-hydrogen) atoms. The van der Waals surface area contributed by atoms with E-state index in [2.05, 4.69) is 20.8 Å². The Morgan fingerprint density at radius 1 is 1.53 bits per heavy atom. The van der Waals surface area contributed by atoms with Crippen LogP contribution in [-0.2, 0) is 4.79 Å². The summed E-state index contributed by atoms with van der Waals surface area (Å²) < 4.78 is 5.22. The molecule has 6 heteroatoms. The van der Waals surface area contributed by atoms with E-state index < -0.39 is 0 Å². The Labute approximate surface area is 87.4 Å². The van der Waals surface area contributed by atoms with Crippen molar-refractivity contribution in [2.45, 2.75) is 38.8 Å². The number of rotatable bonds is 2. The van der Waals surface area contributed by atoms with Crippen molar-refractivity contribution in [1.82, 2.24) is 15.5 Å². The molecule has 0 bridgehead atoms. The highest BCUT2D eigenvalue weighted by atomic mass is 16.4. The van der Waals surface area contributed by atoms with E-state index in [1.165, 1.54) is 0 Å². The quantitative estimate of drug-likeness (QED) is 0.741. The largest absolute Gasteiger partial charge is 0.408 e. The van der Waals surface area contributed by atoms with Crippen molar-refractivity contribution in [3.05, 3.63) is 5.89 Å². The van der Waals surface area contributed by atoms with Crippen LogP contribution in [0.25, 0.3) is 0 Å². The number of nitrogens with one attached hydrogen (secondary N) is 2. The van der Waals surface area contributed by atoms with Gasteiger partial charge in [-0.1, -0.05) is 5.10 Å². The molecule has 1 aliphatic heterocycles. The van der Waals surface area contributed by atoms with E-state index in [9.17, 15) is 4.79 Å². The lowest BCUT2D eigenvalue weighted by Gasteiger charge is -2.29. The van der Waals surface area contributed by atoms with Crippen LogP contribution in [0.2, 0.25) is 0 Å². The van der Waals surface area contributed by atoms with Crippen LogP contribution >= 0.6 is 0 Å². The standard InChI is InChI=1S/C9H14N4O2/c1-5-7(3-4-8(14)10-5)11-9-13-12-6(2)15-9/h5,7H,3-4H2,1-2H3,(H,10,14)(H,11,13). The Kier molecular flexibility index (Phi) is 2.57. The maximum Gasteiger partial charge on any atom is 0.315 e. The Morgan fingerprint density at radius 2 is 2.33 bits per heavy atom. The van der Waals surface area contributed by atoms with Crippen LogP contribution in [0.1, 0.15) is 25.7 Å². The fourth-order valence-electron chi connectivity index (χ4n) is 1.67. The SMILES string of the molecule is Cc1nnc(NC2CCC(=O)NC2C)o1. The molecular weight excluding hydrogens is 196 g/mol. The van der Waals surface area contributed by atoms with Crippen LogP contribution in [0.4, 0.5) is 6.01 Å². The van der Waals surface area contributed by atoms with Gasteiger partial charge in [0.15, 0.2) is 0 Å². The molecule has 1 aromatic heterocycles. The highest BCUT2D eigenvalue weighted by Gasteiger charge is 2.26. The second-order valence-electron chi connectivity index (χ2n) is 3.77. The Balaban J connectivity index is 1.97. The molecule has 2 unspecified atom stereocenters. The van der Waals surface area contributed by atoms with Gasteiger partial charge in [-0.3, -0.25) is 4.79 Å². The van der Waals surface area contributed by atoms with E-state index in [1.807, 2.05) is 6.92 Å². The minimum atomic E-state index is 0.0819. The molecule has 0 saturated carbocycles. The summed E-state index contributed by atoms with van der Waals surface area (Å²) in [5, 5.41) is 13.6. The zero-order valence-corrected chi connectivity index (χ0v) is 8.78. The van der Waals surface area contributed by atoms with E-state index in [1.54, 1.807) is 6.92 Å². The van der Waals surface area contributed by atoms with Crippen LogP contribution in [0.3, 0.4) is 0 Å². The molecule has 1 fully saturated rings.